The van der Waals surface area contributed by atoms with Crippen LogP contribution in [0.2, 0.25) is 0 Å². The van der Waals surface area contributed by atoms with Crippen LogP contribution in [0.5, 0.6) is 0 Å². The fourth-order valence-corrected chi connectivity index (χ4v) is 1.95. The molecule has 0 amide bonds. The molecule has 0 aliphatic heterocycles. The minimum absolute atomic E-state index is 0.0223. The molecule has 0 saturated carbocycles. The van der Waals surface area contributed by atoms with Crippen molar-refractivity contribution in [2.45, 2.75) is 24.0 Å². The molecule has 0 spiro atoms. The summed E-state index contributed by atoms with van der Waals surface area (Å²) in [5.41, 5.74) is 0.872. The number of aromatic nitrogens is 2. The van der Waals surface area contributed by atoms with E-state index in [-0.39, 0.29) is 5.69 Å². The number of rotatable bonds is 3. The Balaban J connectivity index is 2.16. The standard InChI is InChI=1S/C11H10N2O3S/c1-6-7(2)16-11(13-6)17-8-3-4-9(10(14)15)12-5-8/h3-5H,1-2H3,(H,14,15). The minimum atomic E-state index is -1.04. The number of carbonyl (C=O) groups is 1. The second kappa shape index (κ2) is 4.58. The van der Waals surface area contributed by atoms with Crippen molar-refractivity contribution in [3.8, 4) is 0 Å². The first-order valence-electron chi connectivity index (χ1n) is 4.87. The van der Waals surface area contributed by atoms with Gasteiger partial charge in [-0.1, -0.05) is 0 Å². The van der Waals surface area contributed by atoms with Gasteiger partial charge < -0.3 is 9.52 Å². The van der Waals surface area contributed by atoms with Crippen molar-refractivity contribution in [1.82, 2.24) is 9.97 Å². The van der Waals surface area contributed by atoms with Gasteiger partial charge in [0.25, 0.3) is 5.22 Å². The molecule has 88 valence electrons. The van der Waals surface area contributed by atoms with Crippen molar-refractivity contribution in [2.75, 3.05) is 0 Å². The smallest absolute Gasteiger partial charge is 0.354 e. The summed E-state index contributed by atoms with van der Waals surface area (Å²) >= 11 is 1.31. The molecular formula is C11H10N2O3S. The number of carboxylic acid groups (broad SMARTS) is 1. The van der Waals surface area contributed by atoms with Crippen LogP contribution in [-0.4, -0.2) is 21.0 Å². The van der Waals surface area contributed by atoms with Gasteiger partial charge in [0.15, 0.2) is 0 Å². The Hall–Kier alpha value is -1.82. The van der Waals surface area contributed by atoms with Crippen molar-refractivity contribution >= 4 is 17.7 Å². The van der Waals surface area contributed by atoms with E-state index in [4.69, 9.17) is 9.52 Å². The molecule has 0 aliphatic carbocycles. The Morgan fingerprint density at radius 3 is 2.65 bits per heavy atom. The van der Waals surface area contributed by atoms with E-state index in [9.17, 15) is 4.79 Å². The quantitative estimate of drug-likeness (QED) is 0.902. The fourth-order valence-electron chi connectivity index (χ4n) is 1.15. The maximum Gasteiger partial charge on any atom is 0.354 e. The number of aryl methyl sites for hydroxylation is 2. The first kappa shape index (κ1) is 11.7. The Morgan fingerprint density at radius 1 is 1.41 bits per heavy atom. The third kappa shape index (κ3) is 2.65. The van der Waals surface area contributed by atoms with Crippen molar-refractivity contribution in [1.29, 1.82) is 0 Å². The van der Waals surface area contributed by atoms with Crippen LogP contribution >= 0.6 is 11.8 Å². The van der Waals surface area contributed by atoms with E-state index in [0.29, 0.717) is 5.22 Å². The molecular weight excluding hydrogens is 240 g/mol. The second-order valence-electron chi connectivity index (χ2n) is 3.41. The molecule has 5 nitrogen and oxygen atoms in total. The van der Waals surface area contributed by atoms with E-state index in [0.717, 1.165) is 16.3 Å². The Bertz CT molecular complexity index is 529. The summed E-state index contributed by atoms with van der Waals surface area (Å²) in [6.07, 6.45) is 1.49. The Morgan fingerprint density at radius 2 is 2.18 bits per heavy atom. The van der Waals surface area contributed by atoms with Crippen LogP contribution in [-0.2, 0) is 0 Å². The molecule has 0 aromatic carbocycles. The average Bonchev–Trinajstić information content (AvgIpc) is 2.58. The number of carboxylic acids is 1. The number of nitrogens with zero attached hydrogens (tertiary/aromatic N) is 2. The van der Waals surface area contributed by atoms with Gasteiger partial charge in [-0.2, -0.15) is 0 Å². The highest BCUT2D eigenvalue weighted by atomic mass is 32.2. The topological polar surface area (TPSA) is 76.2 Å². The Kier molecular flexibility index (Phi) is 3.14. The second-order valence-corrected chi connectivity index (χ2v) is 4.43. The molecule has 2 aromatic rings. The molecule has 2 heterocycles. The molecule has 0 saturated heterocycles. The van der Waals surface area contributed by atoms with E-state index in [1.54, 1.807) is 6.07 Å². The van der Waals surface area contributed by atoms with Gasteiger partial charge in [-0.05, 0) is 37.7 Å². The van der Waals surface area contributed by atoms with Gasteiger partial charge in [0, 0.05) is 11.1 Å². The highest BCUT2D eigenvalue weighted by Crippen LogP contribution is 2.27. The van der Waals surface area contributed by atoms with Crippen molar-refractivity contribution in [2.24, 2.45) is 0 Å². The van der Waals surface area contributed by atoms with Gasteiger partial charge in [0.2, 0.25) is 0 Å². The van der Waals surface area contributed by atoms with Crippen LogP contribution in [0.3, 0.4) is 0 Å². The maximum absolute atomic E-state index is 10.6. The van der Waals surface area contributed by atoms with E-state index >= 15 is 0 Å². The lowest BCUT2D eigenvalue weighted by Crippen LogP contribution is -1.98. The van der Waals surface area contributed by atoms with Crippen molar-refractivity contribution in [3.63, 3.8) is 0 Å². The first-order chi connectivity index (χ1) is 8.06. The zero-order valence-corrected chi connectivity index (χ0v) is 10.1. The molecule has 0 aliphatic rings. The third-order valence-corrected chi connectivity index (χ3v) is 3.00. The van der Waals surface area contributed by atoms with Gasteiger partial charge in [-0.3, -0.25) is 0 Å². The molecule has 6 heteroatoms. The lowest BCUT2D eigenvalue weighted by atomic mass is 10.4. The number of oxazole rings is 1. The molecule has 0 bridgehead atoms. The summed E-state index contributed by atoms with van der Waals surface area (Å²) in [6.45, 7) is 3.72. The monoisotopic (exact) mass is 250 g/mol. The van der Waals surface area contributed by atoms with E-state index in [1.807, 2.05) is 13.8 Å². The van der Waals surface area contributed by atoms with Crippen molar-refractivity contribution < 1.29 is 14.3 Å². The van der Waals surface area contributed by atoms with Crippen LogP contribution in [0.1, 0.15) is 21.9 Å². The summed E-state index contributed by atoms with van der Waals surface area (Å²) in [6, 6.07) is 3.13. The van der Waals surface area contributed by atoms with Crippen LogP contribution in [0.15, 0.2) is 32.9 Å². The molecule has 2 rings (SSSR count). The third-order valence-electron chi connectivity index (χ3n) is 2.17. The SMILES string of the molecule is Cc1nc(Sc2ccc(C(=O)O)nc2)oc1C. The van der Waals surface area contributed by atoms with Crippen molar-refractivity contribution in [3.05, 3.63) is 35.5 Å². The normalized spacial score (nSPS) is 10.5. The number of hydrogen-bond acceptors (Lipinski definition) is 5. The largest absolute Gasteiger partial charge is 0.477 e. The summed E-state index contributed by atoms with van der Waals surface area (Å²) in [4.78, 5) is 19.4. The molecule has 0 unspecified atom stereocenters. The van der Waals surface area contributed by atoms with Gasteiger partial charge in [0.05, 0.1) is 5.69 Å². The highest BCUT2D eigenvalue weighted by Gasteiger charge is 2.09. The Labute approximate surface area is 102 Å². The lowest BCUT2D eigenvalue weighted by molar-refractivity contribution is 0.0690. The summed E-state index contributed by atoms with van der Waals surface area (Å²) in [5.74, 6) is -0.257. The molecule has 17 heavy (non-hydrogen) atoms. The number of hydrogen-bond donors (Lipinski definition) is 1. The average molecular weight is 250 g/mol. The van der Waals surface area contributed by atoms with Gasteiger partial charge >= 0.3 is 5.97 Å². The molecule has 1 N–H and O–H groups in total. The minimum Gasteiger partial charge on any atom is -0.477 e. The maximum atomic E-state index is 10.6. The highest BCUT2D eigenvalue weighted by molar-refractivity contribution is 7.99. The fraction of sp³-hybridized carbons (Fsp3) is 0.182. The molecule has 2 aromatic heterocycles. The lowest BCUT2D eigenvalue weighted by Gasteiger charge is -1.97. The summed E-state index contributed by atoms with van der Waals surface area (Å²) in [7, 11) is 0. The van der Waals surface area contributed by atoms with Gasteiger partial charge in [0.1, 0.15) is 11.5 Å². The van der Waals surface area contributed by atoms with Crippen LogP contribution in [0.25, 0.3) is 0 Å². The summed E-state index contributed by atoms with van der Waals surface area (Å²) in [5, 5.41) is 9.24. The molecule has 0 radical (unpaired) electrons. The zero-order valence-electron chi connectivity index (χ0n) is 9.30. The van der Waals surface area contributed by atoms with Gasteiger partial charge in [-0.15, -0.1) is 0 Å². The van der Waals surface area contributed by atoms with E-state index in [2.05, 4.69) is 9.97 Å². The van der Waals surface area contributed by atoms with Crippen LogP contribution in [0, 0.1) is 13.8 Å². The van der Waals surface area contributed by atoms with E-state index < -0.39 is 5.97 Å². The molecule has 0 fully saturated rings. The predicted octanol–water partition coefficient (Wildman–Crippen LogP) is 2.54. The first-order valence-corrected chi connectivity index (χ1v) is 5.69. The predicted molar refractivity (Wildman–Crippen MR) is 61.3 cm³/mol. The van der Waals surface area contributed by atoms with Crippen LogP contribution < -0.4 is 0 Å². The molecule has 0 atom stereocenters. The van der Waals surface area contributed by atoms with E-state index in [1.165, 1.54) is 24.0 Å². The number of pyridine rings is 1. The zero-order chi connectivity index (χ0) is 12.4. The van der Waals surface area contributed by atoms with Gasteiger partial charge in [-0.25, -0.2) is 14.8 Å². The number of aromatic carboxylic acids is 1. The summed E-state index contributed by atoms with van der Waals surface area (Å²) < 4.78 is 5.40. The van der Waals surface area contributed by atoms with Crippen LogP contribution in [0.4, 0.5) is 0 Å².